The smallest absolute Gasteiger partial charge is 0.197 e. The van der Waals surface area contributed by atoms with Crippen molar-refractivity contribution < 1.29 is 4.79 Å². The van der Waals surface area contributed by atoms with E-state index in [9.17, 15) is 4.79 Å². The number of carbonyl (C=O) groups is 1. The van der Waals surface area contributed by atoms with Crippen molar-refractivity contribution in [1.29, 1.82) is 0 Å². The van der Waals surface area contributed by atoms with Gasteiger partial charge in [-0.3, -0.25) is 4.79 Å². The van der Waals surface area contributed by atoms with E-state index in [-0.39, 0.29) is 5.78 Å². The summed E-state index contributed by atoms with van der Waals surface area (Å²) in [5, 5.41) is 0.421. The molecule has 1 radical (unpaired) electrons. The largest absolute Gasteiger partial charge is 0.398 e. The molecule has 0 aliphatic carbocycles. The molecule has 2 rings (SSSR count). The van der Waals surface area contributed by atoms with Crippen molar-refractivity contribution in [3.05, 3.63) is 64.7 Å². The SMILES string of the molecule is Nc1ccc[c]c1C(=O)c1ccccc1Cl. The fourth-order valence-corrected chi connectivity index (χ4v) is 1.65. The second-order valence-corrected chi connectivity index (χ2v) is 3.72. The lowest BCUT2D eigenvalue weighted by Gasteiger charge is -2.05. The summed E-state index contributed by atoms with van der Waals surface area (Å²) in [6.07, 6.45) is 0. The number of rotatable bonds is 2. The number of hydrogen-bond donors (Lipinski definition) is 1. The molecule has 2 nitrogen and oxygen atoms in total. The Morgan fingerprint density at radius 2 is 1.94 bits per heavy atom. The Balaban J connectivity index is 2.48. The predicted octanol–water partition coefficient (Wildman–Crippen LogP) is 2.95. The molecule has 0 atom stereocenters. The molecule has 0 aliphatic rings. The van der Waals surface area contributed by atoms with Gasteiger partial charge in [0.05, 0.1) is 10.6 Å². The molecule has 0 heterocycles. The Morgan fingerprint density at radius 3 is 2.62 bits per heavy atom. The first-order chi connectivity index (χ1) is 7.70. The summed E-state index contributed by atoms with van der Waals surface area (Å²) in [4.78, 5) is 12.1. The molecule has 0 fully saturated rings. The molecule has 0 saturated carbocycles. The molecule has 2 aromatic rings. The van der Waals surface area contributed by atoms with E-state index in [0.717, 1.165) is 0 Å². The summed E-state index contributed by atoms with van der Waals surface area (Å²) in [7, 11) is 0. The topological polar surface area (TPSA) is 43.1 Å². The average Bonchev–Trinajstić information content (AvgIpc) is 2.29. The molecule has 16 heavy (non-hydrogen) atoms. The molecule has 0 bridgehead atoms. The number of ketones is 1. The van der Waals surface area contributed by atoms with Crippen LogP contribution in [0.1, 0.15) is 15.9 Å². The minimum absolute atomic E-state index is 0.205. The maximum atomic E-state index is 12.1. The van der Waals surface area contributed by atoms with Gasteiger partial charge < -0.3 is 5.73 Å². The molecule has 2 N–H and O–H groups in total. The van der Waals surface area contributed by atoms with Crippen molar-refractivity contribution >= 4 is 23.1 Å². The van der Waals surface area contributed by atoms with Gasteiger partial charge >= 0.3 is 0 Å². The quantitative estimate of drug-likeness (QED) is 0.637. The van der Waals surface area contributed by atoms with Gasteiger partial charge in [0, 0.05) is 11.3 Å². The van der Waals surface area contributed by atoms with Gasteiger partial charge in [0.2, 0.25) is 0 Å². The van der Waals surface area contributed by atoms with Crippen LogP contribution in [0.2, 0.25) is 5.02 Å². The number of hydrogen-bond acceptors (Lipinski definition) is 2. The zero-order chi connectivity index (χ0) is 11.5. The lowest BCUT2D eigenvalue weighted by Crippen LogP contribution is -2.05. The van der Waals surface area contributed by atoms with Crippen LogP contribution < -0.4 is 5.73 Å². The number of halogens is 1. The lowest BCUT2D eigenvalue weighted by atomic mass is 10.0. The van der Waals surface area contributed by atoms with Crippen LogP contribution in [0.15, 0.2) is 42.5 Å². The first kappa shape index (κ1) is 10.7. The molecule has 0 saturated heterocycles. The van der Waals surface area contributed by atoms with Gasteiger partial charge in [-0.1, -0.05) is 35.9 Å². The van der Waals surface area contributed by atoms with Gasteiger partial charge in [0.1, 0.15) is 0 Å². The van der Waals surface area contributed by atoms with E-state index in [4.69, 9.17) is 17.3 Å². The van der Waals surface area contributed by atoms with Gasteiger partial charge in [-0.25, -0.2) is 0 Å². The van der Waals surface area contributed by atoms with Crippen LogP contribution in [-0.4, -0.2) is 5.78 Å². The fraction of sp³-hybridized carbons (Fsp3) is 0. The van der Waals surface area contributed by atoms with E-state index >= 15 is 0 Å². The Morgan fingerprint density at radius 1 is 1.19 bits per heavy atom. The molecule has 0 unspecified atom stereocenters. The van der Waals surface area contributed by atoms with Crippen LogP contribution in [0, 0.1) is 6.07 Å². The van der Waals surface area contributed by atoms with E-state index in [0.29, 0.717) is 21.8 Å². The van der Waals surface area contributed by atoms with E-state index in [1.54, 1.807) is 42.5 Å². The third-order valence-corrected chi connectivity index (χ3v) is 2.56. The van der Waals surface area contributed by atoms with Gasteiger partial charge in [-0.15, -0.1) is 0 Å². The summed E-state index contributed by atoms with van der Waals surface area (Å²) in [5.41, 5.74) is 6.92. The maximum absolute atomic E-state index is 12.1. The predicted molar refractivity (Wildman–Crippen MR) is 64.6 cm³/mol. The van der Waals surface area contributed by atoms with Crippen LogP contribution in [-0.2, 0) is 0 Å². The number of carbonyl (C=O) groups excluding carboxylic acids is 1. The van der Waals surface area contributed by atoms with Gasteiger partial charge in [0.15, 0.2) is 5.78 Å². The molecular weight excluding hydrogens is 222 g/mol. The number of nitrogen functional groups attached to an aromatic ring is 1. The highest BCUT2D eigenvalue weighted by molar-refractivity contribution is 6.35. The van der Waals surface area contributed by atoms with Gasteiger partial charge in [-0.05, 0) is 24.3 Å². The number of benzene rings is 2. The van der Waals surface area contributed by atoms with Crippen LogP contribution in [0.3, 0.4) is 0 Å². The standard InChI is InChI=1S/C13H9ClNO/c14-11-7-3-1-5-9(11)13(16)10-6-2-4-8-12(10)15/h1-5,7-8H,15H2. The first-order valence-corrected chi connectivity index (χ1v) is 5.13. The van der Waals surface area contributed by atoms with E-state index in [2.05, 4.69) is 6.07 Å². The summed E-state index contributed by atoms with van der Waals surface area (Å²) in [5.74, 6) is -0.205. The van der Waals surface area contributed by atoms with Crippen LogP contribution in [0.5, 0.6) is 0 Å². The zero-order valence-electron chi connectivity index (χ0n) is 8.41. The average molecular weight is 231 g/mol. The monoisotopic (exact) mass is 230 g/mol. The molecule has 3 heteroatoms. The van der Waals surface area contributed by atoms with Gasteiger partial charge in [0.25, 0.3) is 0 Å². The molecule has 0 spiro atoms. The minimum Gasteiger partial charge on any atom is -0.398 e. The Labute approximate surface area is 98.7 Å². The molecular formula is C13H9ClNO. The van der Waals surface area contributed by atoms with E-state index in [1.165, 1.54) is 0 Å². The Kier molecular flexibility index (Phi) is 2.93. The van der Waals surface area contributed by atoms with Crippen LogP contribution >= 0.6 is 11.6 Å². The second kappa shape index (κ2) is 4.37. The van der Waals surface area contributed by atoms with E-state index < -0.39 is 0 Å². The molecule has 0 amide bonds. The highest BCUT2D eigenvalue weighted by Crippen LogP contribution is 2.21. The van der Waals surface area contributed by atoms with E-state index in [1.807, 2.05) is 0 Å². The van der Waals surface area contributed by atoms with Crippen molar-refractivity contribution in [3.63, 3.8) is 0 Å². The molecule has 0 aliphatic heterocycles. The number of anilines is 1. The molecule has 2 aromatic carbocycles. The van der Waals surface area contributed by atoms with Crippen molar-refractivity contribution in [2.75, 3.05) is 5.73 Å². The summed E-state index contributed by atoms with van der Waals surface area (Å²) < 4.78 is 0. The number of nitrogens with two attached hydrogens (primary N) is 1. The molecule has 0 aromatic heterocycles. The minimum atomic E-state index is -0.205. The highest BCUT2D eigenvalue weighted by atomic mass is 35.5. The second-order valence-electron chi connectivity index (χ2n) is 3.31. The summed E-state index contributed by atoms with van der Waals surface area (Å²) >= 11 is 5.95. The van der Waals surface area contributed by atoms with Crippen LogP contribution in [0.25, 0.3) is 0 Å². The maximum Gasteiger partial charge on any atom is 0.197 e. The van der Waals surface area contributed by atoms with Crippen molar-refractivity contribution in [1.82, 2.24) is 0 Å². The van der Waals surface area contributed by atoms with Crippen LogP contribution in [0.4, 0.5) is 5.69 Å². The van der Waals surface area contributed by atoms with Crippen molar-refractivity contribution in [3.8, 4) is 0 Å². The Hall–Kier alpha value is -1.80. The molecule has 79 valence electrons. The summed E-state index contributed by atoms with van der Waals surface area (Å²) in [6, 6.07) is 14.8. The third kappa shape index (κ3) is 1.92. The lowest BCUT2D eigenvalue weighted by molar-refractivity contribution is 0.103. The first-order valence-electron chi connectivity index (χ1n) is 4.75. The van der Waals surface area contributed by atoms with Crippen molar-refractivity contribution in [2.45, 2.75) is 0 Å². The summed E-state index contributed by atoms with van der Waals surface area (Å²) in [6.45, 7) is 0. The highest BCUT2D eigenvalue weighted by Gasteiger charge is 2.14. The van der Waals surface area contributed by atoms with Crippen molar-refractivity contribution in [2.24, 2.45) is 0 Å². The fourth-order valence-electron chi connectivity index (χ4n) is 1.43. The third-order valence-electron chi connectivity index (χ3n) is 2.23. The van der Waals surface area contributed by atoms with Gasteiger partial charge in [-0.2, -0.15) is 0 Å². The Bertz CT molecular complexity index is 489. The normalized spacial score (nSPS) is 10.1. The zero-order valence-corrected chi connectivity index (χ0v) is 9.16.